The number of likely N-dealkylation sites (tertiary alicyclic amines) is 1. The molecule has 6 aliphatic heterocycles. The first-order valence-corrected chi connectivity index (χ1v) is 20.6. The van der Waals surface area contributed by atoms with E-state index in [1.54, 1.807) is 12.1 Å². The molecular formula is C44H46ClN7O5. The highest BCUT2D eigenvalue weighted by Crippen LogP contribution is 2.46. The number of nitrogens with one attached hydrogen (secondary N) is 1. The number of anilines is 3. The first kappa shape index (κ1) is 37.2. The lowest BCUT2D eigenvalue weighted by Crippen LogP contribution is -2.54. The molecule has 9 rings (SSSR count). The molecule has 5 fully saturated rings. The van der Waals surface area contributed by atoms with Crippen molar-refractivity contribution in [1.82, 2.24) is 15.1 Å². The number of halogens is 1. The Labute approximate surface area is 337 Å². The van der Waals surface area contributed by atoms with Gasteiger partial charge in [-0.25, -0.2) is 0 Å². The fraction of sp³-hybridized carbons (Fsp3) is 0.455. The van der Waals surface area contributed by atoms with Crippen LogP contribution in [0, 0.1) is 28.6 Å². The van der Waals surface area contributed by atoms with E-state index in [0.29, 0.717) is 34.0 Å². The zero-order valence-corrected chi connectivity index (χ0v) is 32.8. The predicted molar refractivity (Wildman–Crippen MR) is 215 cm³/mol. The molecule has 0 aromatic heterocycles. The Morgan fingerprint density at radius 1 is 0.807 bits per heavy atom. The average molecular weight is 788 g/mol. The summed E-state index contributed by atoms with van der Waals surface area (Å²) >= 11 is 6.37. The van der Waals surface area contributed by atoms with E-state index in [-0.39, 0.29) is 29.7 Å². The van der Waals surface area contributed by atoms with E-state index in [1.165, 1.54) is 0 Å². The summed E-state index contributed by atoms with van der Waals surface area (Å²) in [6, 6.07) is 20.8. The van der Waals surface area contributed by atoms with Gasteiger partial charge in [-0.2, -0.15) is 5.26 Å². The summed E-state index contributed by atoms with van der Waals surface area (Å²) in [5, 5.41) is 12.0. The summed E-state index contributed by atoms with van der Waals surface area (Å²) in [6.45, 7) is 8.36. The minimum atomic E-state index is -0.976. The number of imide groups is 2. The molecule has 1 N–H and O–H groups in total. The van der Waals surface area contributed by atoms with Crippen molar-refractivity contribution in [2.75, 3.05) is 60.5 Å². The van der Waals surface area contributed by atoms with Gasteiger partial charge >= 0.3 is 0 Å². The minimum Gasteiger partial charge on any atom is -0.371 e. The van der Waals surface area contributed by atoms with E-state index in [9.17, 15) is 29.2 Å². The summed E-state index contributed by atoms with van der Waals surface area (Å²) in [6.07, 6.45) is 5.46. The molecular weight excluding hydrogens is 742 g/mol. The van der Waals surface area contributed by atoms with E-state index in [1.807, 2.05) is 41.3 Å². The second-order valence-corrected chi connectivity index (χ2v) is 17.4. The Kier molecular flexibility index (Phi) is 9.47. The molecule has 294 valence electrons. The van der Waals surface area contributed by atoms with E-state index >= 15 is 0 Å². The highest BCUT2D eigenvalue weighted by Gasteiger charge is 2.46. The first-order valence-electron chi connectivity index (χ1n) is 20.2. The number of fused-ring (bicyclic) bond motifs is 1. The highest BCUT2D eigenvalue weighted by atomic mass is 35.5. The number of hydrogen-bond acceptors (Lipinski definition) is 9. The number of rotatable bonds is 6. The Bertz CT molecular complexity index is 2200. The van der Waals surface area contributed by atoms with Crippen molar-refractivity contribution >= 4 is 58.2 Å². The van der Waals surface area contributed by atoms with Crippen LogP contribution in [0.25, 0.3) is 0 Å². The molecule has 0 aliphatic carbocycles. The zero-order valence-electron chi connectivity index (χ0n) is 32.1. The van der Waals surface area contributed by atoms with Gasteiger partial charge in [-0.15, -0.1) is 0 Å². The van der Waals surface area contributed by atoms with E-state index in [2.05, 4.69) is 45.1 Å². The molecule has 1 unspecified atom stereocenters. The molecule has 1 spiro atoms. The molecule has 6 aliphatic rings. The Morgan fingerprint density at radius 3 is 2.18 bits per heavy atom. The Balaban J connectivity index is 0.741. The summed E-state index contributed by atoms with van der Waals surface area (Å²) in [5.41, 5.74) is 5.19. The minimum absolute atomic E-state index is 0.0829. The molecule has 3 aromatic carbocycles. The topological polar surface area (TPSA) is 137 Å². The third kappa shape index (κ3) is 6.69. The van der Waals surface area contributed by atoms with Crippen molar-refractivity contribution in [2.24, 2.45) is 17.3 Å². The second kappa shape index (κ2) is 14.5. The van der Waals surface area contributed by atoms with E-state index in [0.717, 1.165) is 105 Å². The van der Waals surface area contributed by atoms with Crippen LogP contribution >= 0.6 is 11.6 Å². The van der Waals surface area contributed by atoms with Crippen LogP contribution in [0.3, 0.4) is 0 Å². The van der Waals surface area contributed by atoms with E-state index in [4.69, 9.17) is 11.6 Å². The molecule has 12 nitrogen and oxygen atoms in total. The summed E-state index contributed by atoms with van der Waals surface area (Å²) in [5.74, 6) is -0.915. The van der Waals surface area contributed by atoms with Gasteiger partial charge < -0.3 is 19.6 Å². The lowest BCUT2D eigenvalue weighted by molar-refractivity contribution is -0.136. The van der Waals surface area contributed by atoms with Crippen LogP contribution in [0.1, 0.15) is 88.5 Å². The Hall–Kier alpha value is -5.41. The molecule has 0 bridgehead atoms. The van der Waals surface area contributed by atoms with E-state index < -0.39 is 29.7 Å². The molecule has 5 saturated heterocycles. The SMILES string of the molecule is C[C@H]1CC2(CCN(c3ccc(C(=O)N4CCC(C5CN(c6ccc7c(c6)C(=O)N(C6CCC(=O)NC6=O)C7=O)C5)CC4)cc3)CC2)CN1c1ccc(C#N)c(Cl)c1. The molecule has 13 heteroatoms. The van der Waals surface area contributed by atoms with Crippen LogP contribution in [0.15, 0.2) is 60.7 Å². The number of hydrogen-bond donors (Lipinski definition) is 1. The fourth-order valence-electron chi connectivity index (χ4n) is 10.3. The lowest BCUT2D eigenvalue weighted by Gasteiger charge is -2.47. The van der Waals surface area contributed by atoms with Crippen molar-refractivity contribution in [3.63, 3.8) is 0 Å². The summed E-state index contributed by atoms with van der Waals surface area (Å²) < 4.78 is 0. The third-order valence-electron chi connectivity index (χ3n) is 13.7. The molecule has 3 aromatic rings. The largest absolute Gasteiger partial charge is 0.371 e. The number of amides is 5. The first-order chi connectivity index (χ1) is 27.5. The van der Waals surface area contributed by atoms with Gasteiger partial charge in [0.15, 0.2) is 0 Å². The van der Waals surface area contributed by atoms with Gasteiger partial charge in [0.05, 0.1) is 21.7 Å². The van der Waals surface area contributed by atoms with Crippen molar-refractivity contribution in [1.29, 1.82) is 5.26 Å². The average Bonchev–Trinajstić information content (AvgIpc) is 3.65. The molecule has 57 heavy (non-hydrogen) atoms. The van der Waals surface area contributed by atoms with Gasteiger partial charge in [0.1, 0.15) is 12.1 Å². The maximum Gasteiger partial charge on any atom is 0.262 e. The fourth-order valence-corrected chi connectivity index (χ4v) is 10.5. The summed E-state index contributed by atoms with van der Waals surface area (Å²) in [4.78, 5) is 74.1. The second-order valence-electron chi connectivity index (χ2n) is 17.0. The van der Waals surface area contributed by atoms with Crippen molar-refractivity contribution in [2.45, 2.75) is 64.0 Å². The van der Waals surface area contributed by atoms with Gasteiger partial charge in [0.25, 0.3) is 17.7 Å². The van der Waals surface area contributed by atoms with Crippen LogP contribution in [-0.2, 0) is 9.59 Å². The lowest BCUT2D eigenvalue weighted by atomic mass is 9.76. The van der Waals surface area contributed by atoms with Crippen LogP contribution in [-0.4, -0.2) is 97.2 Å². The van der Waals surface area contributed by atoms with Gasteiger partial charge in [0, 0.05) is 80.9 Å². The molecule has 6 heterocycles. The smallest absolute Gasteiger partial charge is 0.262 e. The maximum atomic E-state index is 13.6. The third-order valence-corrected chi connectivity index (χ3v) is 14.0. The standard InChI is InChI=1S/C44H46ClN7O5/c1-27-22-44(26-51(27)34-7-4-30(23-46)37(45)21-34)14-18-48(19-15-44)32-5-2-29(3-6-32)41(55)49-16-12-28(13-17-49)31-24-50(25-31)33-8-9-35-36(20-33)43(57)52(42(35)56)38-10-11-39(53)47-40(38)54/h2-9,20-21,27-28,31,38H,10-19,22,24-26H2,1H3,(H,47,53,54)/t27-,38?/m0/s1. The molecule has 2 atom stereocenters. The maximum absolute atomic E-state index is 13.6. The molecule has 0 saturated carbocycles. The van der Waals surface area contributed by atoms with Crippen molar-refractivity contribution in [3.8, 4) is 6.07 Å². The van der Waals surface area contributed by atoms with Crippen LogP contribution in [0.2, 0.25) is 5.02 Å². The number of piperidine rings is 3. The number of nitrogens with zero attached hydrogens (tertiary/aromatic N) is 6. The Morgan fingerprint density at radius 2 is 1.49 bits per heavy atom. The number of nitriles is 1. The quantitative estimate of drug-likeness (QED) is 0.322. The van der Waals surface area contributed by atoms with Crippen LogP contribution in [0.5, 0.6) is 0 Å². The monoisotopic (exact) mass is 787 g/mol. The van der Waals surface area contributed by atoms with Gasteiger partial charge in [-0.05, 0) is 123 Å². The highest BCUT2D eigenvalue weighted by molar-refractivity contribution is 6.32. The van der Waals surface area contributed by atoms with Crippen LogP contribution < -0.4 is 20.0 Å². The predicted octanol–water partition coefficient (Wildman–Crippen LogP) is 5.49. The van der Waals surface area contributed by atoms with Gasteiger partial charge in [-0.3, -0.25) is 34.2 Å². The van der Waals surface area contributed by atoms with Crippen molar-refractivity contribution in [3.05, 3.63) is 87.9 Å². The van der Waals surface area contributed by atoms with Crippen LogP contribution in [0.4, 0.5) is 17.1 Å². The summed E-state index contributed by atoms with van der Waals surface area (Å²) in [7, 11) is 0. The number of benzene rings is 3. The normalized spacial score (nSPS) is 23.8. The number of carbonyl (C=O) groups excluding carboxylic acids is 5. The van der Waals surface area contributed by atoms with Gasteiger partial charge in [0.2, 0.25) is 11.8 Å². The van der Waals surface area contributed by atoms with Crippen molar-refractivity contribution < 1.29 is 24.0 Å². The zero-order chi connectivity index (χ0) is 39.6. The number of carbonyl (C=O) groups is 5. The van der Waals surface area contributed by atoms with Gasteiger partial charge in [-0.1, -0.05) is 11.6 Å². The molecule has 5 amide bonds. The molecule has 0 radical (unpaired) electrons.